The van der Waals surface area contributed by atoms with Gasteiger partial charge in [0.05, 0.1) is 19.3 Å². The summed E-state index contributed by atoms with van der Waals surface area (Å²) in [4.78, 5) is 26.5. The molecular weight excluding hydrogens is 236 g/mol. The van der Waals surface area contributed by atoms with Crippen molar-refractivity contribution in [1.82, 2.24) is 4.98 Å². The lowest BCUT2D eigenvalue weighted by atomic mass is 10.1. The highest BCUT2D eigenvalue weighted by Gasteiger charge is 2.16. The summed E-state index contributed by atoms with van der Waals surface area (Å²) in [6, 6.07) is 2.88. The van der Waals surface area contributed by atoms with Gasteiger partial charge in [-0.15, -0.1) is 0 Å². The average molecular weight is 250 g/mol. The van der Waals surface area contributed by atoms with Crippen molar-refractivity contribution < 1.29 is 19.1 Å². The third-order valence-electron chi connectivity index (χ3n) is 2.17. The molecule has 0 amide bonds. The number of nitrogens with two attached hydrogens (primary N) is 1. The quantitative estimate of drug-likeness (QED) is 0.633. The van der Waals surface area contributed by atoms with Crippen LogP contribution >= 0.6 is 0 Å². The van der Waals surface area contributed by atoms with Crippen LogP contribution in [-0.4, -0.2) is 30.6 Å². The predicted molar refractivity (Wildman–Crippen MR) is 65.7 cm³/mol. The second-order valence-corrected chi connectivity index (χ2v) is 3.32. The van der Waals surface area contributed by atoms with E-state index in [2.05, 4.69) is 16.3 Å². The number of esters is 2. The number of nitrogen functional groups attached to an aromatic ring is 1. The summed E-state index contributed by atoms with van der Waals surface area (Å²) < 4.78 is 9.31. The van der Waals surface area contributed by atoms with Crippen LogP contribution in [0.25, 0.3) is 5.57 Å². The molecule has 1 aromatic rings. The molecule has 1 aromatic heterocycles. The molecule has 0 fully saturated rings. The van der Waals surface area contributed by atoms with Crippen molar-refractivity contribution in [3.8, 4) is 0 Å². The standard InChI is InChI=1S/C12H14N2O4/c1-4-18-11(15)7(2)8-5-6-9(12(16)17-3)14-10(8)13/h5-6H,2,4H2,1,3H3,(H2,13,14). The first-order chi connectivity index (χ1) is 8.51. The van der Waals surface area contributed by atoms with Crippen LogP contribution in [0.4, 0.5) is 5.82 Å². The molecule has 0 aromatic carbocycles. The summed E-state index contributed by atoms with van der Waals surface area (Å²) in [7, 11) is 1.24. The monoisotopic (exact) mass is 250 g/mol. The molecule has 1 rings (SSSR count). The fourth-order valence-electron chi connectivity index (χ4n) is 1.28. The smallest absolute Gasteiger partial charge is 0.356 e. The molecule has 6 nitrogen and oxygen atoms in total. The molecule has 0 aliphatic heterocycles. The van der Waals surface area contributed by atoms with Crippen LogP contribution in [0, 0.1) is 0 Å². The van der Waals surface area contributed by atoms with Gasteiger partial charge in [-0.3, -0.25) is 0 Å². The lowest BCUT2D eigenvalue weighted by Crippen LogP contribution is -2.11. The highest BCUT2D eigenvalue weighted by atomic mass is 16.5. The first kappa shape index (κ1) is 13.7. The zero-order valence-electron chi connectivity index (χ0n) is 10.2. The minimum atomic E-state index is -0.602. The Morgan fingerprint density at radius 2 is 2.11 bits per heavy atom. The normalized spacial score (nSPS) is 9.67. The molecule has 0 radical (unpaired) electrons. The van der Waals surface area contributed by atoms with Gasteiger partial charge in [-0.2, -0.15) is 0 Å². The summed E-state index contributed by atoms with van der Waals surface area (Å²) in [6.45, 7) is 5.52. The topological polar surface area (TPSA) is 91.5 Å². The van der Waals surface area contributed by atoms with Crippen LogP contribution in [0.3, 0.4) is 0 Å². The number of nitrogens with zero attached hydrogens (tertiary/aromatic N) is 1. The fraction of sp³-hybridized carbons (Fsp3) is 0.250. The van der Waals surface area contributed by atoms with Gasteiger partial charge in [0.15, 0.2) is 5.69 Å². The molecule has 2 N–H and O–H groups in total. The molecule has 0 aliphatic carbocycles. The van der Waals surface area contributed by atoms with Crippen molar-refractivity contribution in [3.05, 3.63) is 30.0 Å². The Labute approximate surface area is 104 Å². The van der Waals surface area contributed by atoms with Crippen LogP contribution < -0.4 is 5.73 Å². The molecule has 0 saturated heterocycles. The van der Waals surface area contributed by atoms with Crippen LogP contribution in [-0.2, 0) is 14.3 Å². The van der Waals surface area contributed by atoms with E-state index in [1.807, 2.05) is 0 Å². The van der Waals surface area contributed by atoms with Gasteiger partial charge in [0.2, 0.25) is 0 Å². The maximum Gasteiger partial charge on any atom is 0.356 e. The van der Waals surface area contributed by atoms with Crippen molar-refractivity contribution >= 4 is 23.3 Å². The van der Waals surface area contributed by atoms with E-state index >= 15 is 0 Å². The van der Waals surface area contributed by atoms with Gasteiger partial charge < -0.3 is 15.2 Å². The Balaban J connectivity index is 3.02. The molecular formula is C12H14N2O4. The second kappa shape index (κ2) is 5.81. The van der Waals surface area contributed by atoms with E-state index in [0.29, 0.717) is 5.56 Å². The number of pyridine rings is 1. The molecule has 0 aliphatic rings. The van der Waals surface area contributed by atoms with Crippen molar-refractivity contribution in [2.45, 2.75) is 6.92 Å². The minimum Gasteiger partial charge on any atom is -0.464 e. The van der Waals surface area contributed by atoms with Crippen molar-refractivity contribution in [2.24, 2.45) is 0 Å². The van der Waals surface area contributed by atoms with E-state index in [0.717, 1.165) is 0 Å². The van der Waals surface area contributed by atoms with Gasteiger partial charge in [0, 0.05) is 5.56 Å². The Morgan fingerprint density at radius 1 is 1.44 bits per heavy atom. The molecule has 18 heavy (non-hydrogen) atoms. The summed E-state index contributed by atoms with van der Waals surface area (Å²) in [5.74, 6) is -1.15. The lowest BCUT2D eigenvalue weighted by molar-refractivity contribution is -0.136. The number of hydrogen-bond acceptors (Lipinski definition) is 6. The van der Waals surface area contributed by atoms with Crippen LogP contribution in [0.1, 0.15) is 23.0 Å². The molecule has 0 saturated carbocycles. The van der Waals surface area contributed by atoms with Gasteiger partial charge in [0.1, 0.15) is 5.82 Å². The van der Waals surface area contributed by atoms with E-state index in [1.165, 1.54) is 19.2 Å². The summed E-state index contributed by atoms with van der Waals surface area (Å²) in [5.41, 5.74) is 6.16. The van der Waals surface area contributed by atoms with Gasteiger partial charge in [0.25, 0.3) is 0 Å². The summed E-state index contributed by atoms with van der Waals surface area (Å²) in [6.07, 6.45) is 0. The zero-order valence-corrected chi connectivity index (χ0v) is 10.2. The van der Waals surface area contributed by atoms with Crippen LogP contribution in [0.5, 0.6) is 0 Å². The predicted octanol–water partition coefficient (Wildman–Crippen LogP) is 1.03. The van der Waals surface area contributed by atoms with Crippen LogP contribution in [0.15, 0.2) is 18.7 Å². The van der Waals surface area contributed by atoms with E-state index in [9.17, 15) is 9.59 Å². The van der Waals surface area contributed by atoms with Crippen molar-refractivity contribution in [3.63, 3.8) is 0 Å². The average Bonchev–Trinajstić information content (AvgIpc) is 2.37. The highest BCUT2D eigenvalue weighted by molar-refractivity contribution is 6.17. The molecule has 0 spiro atoms. The molecule has 6 heteroatoms. The molecule has 1 heterocycles. The zero-order chi connectivity index (χ0) is 13.7. The third-order valence-corrected chi connectivity index (χ3v) is 2.17. The summed E-state index contributed by atoms with van der Waals surface area (Å²) >= 11 is 0. The Morgan fingerprint density at radius 3 is 2.61 bits per heavy atom. The van der Waals surface area contributed by atoms with Gasteiger partial charge in [-0.25, -0.2) is 14.6 Å². The largest absolute Gasteiger partial charge is 0.464 e. The number of anilines is 1. The van der Waals surface area contributed by atoms with Crippen molar-refractivity contribution in [2.75, 3.05) is 19.5 Å². The van der Waals surface area contributed by atoms with E-state index in [1.54, 1.807) is 6.92 Å². The number of methoxy groups -OCH3 is 1. The van der Waals surface area contributed by atoms with Gasteiger partial charge >= 0.3 is 11.9 Å². The molecule has 0 unspecified atom stereocenters. The maximum absolute atomic E-state index is 11.5. The first-order valence-electron chi connectivity index (χ1n) is 5.22. The lowest BCUT2D eigenvalue weighted by Gasteiger charge is -2.08. The number of ether oxygens (including phenoxy) is 2. The number of carbonyl (C=O) groups is 2. The number of hydrogen-bond donors (Lipinski definition) is 1. The number of aromatic nitrogens is 1. The van der Waals surface area contributed by atoms with E-state index < -0.39 is 11.9 Å². The van der Waals surface area contributed by atoms with E-state index in [4.69, 9.17) is 10.5 Å². The molecule has 0 bridgehead atoms. The molecule has 96 valence electrons. The SMILES string of the molecule is C=C(C(=O)OCC)c1ccc(C(=O)OC)nc1N. The third kappa shape index (κ3) is 2.85. The van der Waals surface area contributed by atoms with Gasteiger partial charge in [-0.1, -0.05) is 6.58 Å². The highest BCUT2D eigenvalue weighted by Crippen LogP contribution is 2.20. The Hall–Kier alpha value is -2.37. The minimum absolute atomic E-state index is 0.0240. The molecule has 0 atom stereocenters. The van der Waals surface area contributed by atoms with Gasteiger partial charge in [-0.05, 0) is 19.1 Å². The maximum atomic E-state index is 11.5. The van der Waals surface area contributed by atoms with Crippen LogP contribution in [0.2, 0.25) is 0 Å². The van der Waals surface area contributed by atoms with Crippen molar-refractivity contribution in [1.29, 1.82) is 0 Å². The first-order valence-corrected chi connectivity index (χ1v) is 5.22. The Kier molecular flexibility index (Phi) is 4.42. The number of carbonyl (C=O) groups excluding carboxylic acids is 2. The summed E-state index contributed by atoms with van der Waals surface area (Å²) in [5, 5.41) is 0. The van der Waals surface area contributed by atoms with E-state index in [-0.39, 0.29) is 23.7 Å². The fourth-order valence-corrected chi connectivity index (χ4v) is 1.28. The Bertz CT molecular complexity index is 497. The number of rotatable bonds is 4. The second-order valence-electron chi connectivity index (χ2n) is 3.32.